The number of carbonyl (C=O) groups is 2. The fourth-order valence-electron chi connectivity index (χ4n) is 2.49. The third kappa shape index (κ3) is 7.22. The van der Waals surface area contributed by atoms with Crippen molar-refractivity contribution in [3.05, 3.63) is 0 Å². The lowest BCUT2D eigenvalue weighted by molar-refractivity contribution is -0.141. The van der Waals surface area contributed by atoms with Crippen molar-refractivity contribution in [2.75, 3.05) is 38.2 Å². The molecule has 1 aliphatic rings. The average molecular weight is 334 g/mol. The highest BCUT2D eigenvalue weighted by Crippen LogP contribution is 2.11. The Kier molecular flexibility index (Phi) is 7.28. The Morgan fingerprint density at radius 2 is 2.05 bits per heavy atom. The number of carbonyl (C=O) groups excluding carboxylic acids is 2. The summed E-state index contributed by atoms with van der Waals surface area (Å²) in [5.41, 5.74) is 0. The van der Waals surface area contributed by atoms with Crippen molar-refractivity contribution in [3.8, 4) is 0 Å². The molecule has 1 fully saturated rings. The average Bonchev–Trinajstić information content (AvgIpc) is 2.73. The Balaban J connectivity index is 2.46. The van der Waals surface area contributed by atoms with Gasteiger partial charge in [0.1, 0.15) is 0 Å². The highest BCUT2D eigenvalue weighted by Gasteiger charge is 2.29. The number of nitrogens with one attached hydrogen (secondary N) is 1. The van der Waals surface area contributed by atoms with Gasteiger partial charge in [0.15, 0.2) is 9.84 Å². The highest BCUT2D eigenvalue weighted by atomic mass is 32.2. The molecule has 1 heterocycles. The summed E-state index contributed by atoms with van der Waals surface area (Å²) >= 11 is 0. The van der Waals surface area contributed by atoms with Crippen molar-refractivity contribution in [2.24, 2.45) is 5.92 Å². The fourth-order valence-corrected chi connectivity index (χ4v) is 4.16. The molecule has 0 aliphatic carbocycles. The van der Waals surface area contributed by atoms with Crippen LogP contribution in [-0.2, 0) is 24.2 Å². The standard InChI is InChI=1S/C14H26N2O5S/c1-11(2)8-16(6-4-14(18)21-3)9-13(17)15-12-5-7-22(19,20)10-12/h11-12H,4-10H2,1-3H3,(H,15,17)/t12-/m1/s1. The Labute approximate surface area is 132 Å². The number of ether oxygens (including phenoxy) is 1. The van der Waals surface area contributed by atoms with E-state index in [1.54, 1.807) is 0 Å². The van der Waals surface area contributed by atoms with E-state index in [9.17, 15) is 18.0 Å². The minimum absolute atomic E-state index is 0.0189. The van der Waals surface area contributed by atoms with E-state index in [-0.39, 0.29) is 42.4 Å². The molecule has 0 unspecified atom stereocenters. The summed E-state index contributed by atoms with van der Waals surface area (Å²) in [7, 11) is -1.67. The molecule has 128 valence electrons. The van der Waals surface area contributed by atoms with Gasteiger partial charge in [0.2, 0.25) is 5.91 Å². The topological polar surface area (TPSA) is 92.8 Å². The summed E-state index contributed by atoms with van der Waals surface area (Å²) in [6.45, 7) is 5.36. The summed E-state index contributed by atoms with van der Waals surface area (Å²) in [5, 5.41) is 2.76. The Morgan fingerprint density at radius 3 is 2.55 bits per heavy atom. The number of esters is 1. The summed E-state index contributed by atoms with van der Waals surface area (Å²) in [5.74, 6) is 0.00197. The highest BCUT2D eigenvalue weighted by molar-refractivity contribution is 7.91. The van der Waals surface area contributed by atoms with Crippen LogP contribution in [0.5, 0.6) is 0 Å². The quantitative estimate of drug-likeness (QED) is 0.619. The molecular formula is C14H26N2O5S. The Hall–Kier alpha value is -1.15. The van der Waals surface area contributed by atoms with E-state index in [4.69, 9.17) is 0 Å². The maximum absolute atomic E-state index is 12.1. The second kappa shape index (κ2) is 8.47. The third-order valence-electron chi connectivity index (χ3n) is 3.45. The molecule has 1 atom stereocenters. The smallest absolute Gasteiger partial charge is 0.306 e. The number of hydrogen-bond donors (Lipinski definition) is 1. The molecule has 1 rings (SSSR count). The lowest BCUT2D eigenvalue weighted by Crippen LogP contribution is -2.44. The molecule has 0 aromatic rings. The van der Waals surface area contributed by atoms with Gasteiger partial charge in [-0.2, -0.15) is 0 Å². The zero-order chi connectivity index (χ0) is 16.8. The van der Waals surface area contributed by atoms with Crippen LogP contribution < -0.4 is 5.32 Å². The summed E-state index contributed by atoms with van der Waals surface area (Å²) in [4.78, 5) is 25.2. The zero-order valence-electron chi connectivity index (χ0n) is 13.5. The number of nitrogens with zero attached hydrogens (tertiary/aromatic N) is 1. The van der Waals surface area contributed by atoms with E-state index < -0.39 is 9.84 Å². The Bertz CT molecular complexity index is 489. The molecule has 0 bridgehead atoms. The Morgan fingerprint density at radius 1 is 1.36 bits per heavy atom. The van der Waals surface area contributed by atoms with Crippen LogP contribution in [0.4, 0.5) is 0 Å². The fraction of sp³-hybridized carbons (Fsp3) is 0.857. The zero-order valence-corrected chi connectivity index (χ0v) is 14.3. The lowest BCUT2D eigenvalue weighted by atomic mass is 10.2. The first-order valence-electron chi connectivity index (χ1n) is 7.51. The molecule has 1 aliphatic heterocycles. The summed E-state index contributed by atoms with van der Waals surface area (Å²) in [6.07, 6.45) is 0.703. The molecule has 0 aromatic heterocycles. The van der Waals surface area contributed by atoms with E-state index in [1.807, 2.05) is 18.7 Å². The second-order valence-electron chi connectivity index (χ2n) is 6.12. The summed E-state index contributed by atoms with van der Waals surface area (Å²) < 4.78 is 27.4. The molecule has 1 N–H and O–H groups in total. The molecule has 22 heavy (non-hydrogen) atoms. The SMILES string of the molecule is COC(=O)CCN(CC(=O)N[C@@H]1CCS(=O)(=O)C1)CC(C)C. The van der Waals surface area contributed by atoms with Crippen LogP contribution >= 0.6 is 0 Å². The molecular weight excluding hydrogens is 308 g/mol. The number of hydrogen-bond acceptors (Lipinski definition) is 6. The van der Waals surface area contributed by atoms with E-state index in [2.05, 4.69) is 10.1 Å². The van der Waals surface area contributed by atoms with Crippen molar-refractivity contribution in [1.82, 2.24) is 10.2 Å². The largest absolute Gasteiger partial charge is 0.469 e. The number of sulfone groups is 1. The monoisotopic (exact) mass is 334 g/mol. The van der Waals surface area contributed by atoms with Gasteiger partial charge in [0, 0.05) is 19.1 Å². The van der Waals surface area contributed by atoms with Crippen LogP contribution in [0.2, 0.25) is 0 Å². The van der Waals surface area contributed by atoms with Gasteiger partial charge in [-0.1, -0.05) is 13.8 Å². The van der Waals surface area contributed by atoms with Gasteiger partial charge in [0.05, 0.1) is 31.6 Å². The molecule has 1 saturated heterocycles. The number of rotatable bonds is 8. The van der Waals surface area contributed by atoms with Gasteiger partial charge in [-0.25, -0.2) is 8.42 Å². The van der Waals surface area contributed by atoms with Crippen LogP contribution in [0.15, 0.2) is 0 Å². The van der Waals surface area contributed by atoms with Crippen molar-refractivity contribution in [2.45, 2.75) is 32.7 Å². The number of methoxy groups -OCH3 is 1. The van der Waals surface area contributed by atoms with Crippen LogP contribution in [0.25, 0.3) is 0 Å². The van der Waals surface area contributed by atoms with Gasteiger partial charge < -0.3 is 10.1 Å². The molecule has 0 radical (unpaired) electrons. The molecule has 7 nitrogen and oxygen atoms in total. The molecule has 1 amide bonds. The van der Waals surface area contributed by atoms with Gasteiger partial charge in [0.25, 0.3) is 0 Å². The van der Waals surface area contributed by atoms with Gasteiger partial charge in [-0.05, 0) is 12.3 Å². The van der Waals surface area contributed by atoms with Crippen LogP contribution in [0, 0.1) is 5.92 Å². The lowest BCUT2D eigenvalue weighted by Gasteiger charge is -2.24. The van der Waals surface area contributed by atoms with Crippen molar-refractivity contribution in [3.63, 3.8) is 0 Å². The summed E-state index contributed by atoms with van der Waals surface area (Å²) in [6, 6.07) is -0.293. The van der Waals surface area contributed by atoms with Gasteiger partial charge in [-0.15, -0.1) is 0 Å². The predicted octanol–water partition coefficient (Wildman–Crippen LogP) is -0.189. The van der Waals surface area contributed by atoms with E-state index >= 15 is 0 Å². The maximum atomic E-state index is 12.1. The van der Waals surface area contributed by atoms with E-state index in [1.165, 1.54) is 7.11 Å². The predicted molar refractivity (Wildman–Crippen MR) is 83.1 cm³/mol. The molecule has 0 spiro atoms. The molecule has 0 saturated carbocycles. The maximum Gasteiger partial charge on any atom is 0.306 e. The first kappa shape index (κ1) is 18.9. The van der Waals surface area contributed by atoms with E-state index in [0.717, 1.165) is 0 Å². The first-order chi connectivity index (χ1) is 10.2. The normalized spacial score (nSPS) is 20.3. The number of amides is 1. The van der Waals surface area contributed by atoms with Crippen LogP contribution in [-0.4, -0.2) is 69.5 Å². The third-order valence-corrected chi connectivity index (χ3v) is 5.22. The van der Waals surface area contributed by atoms with Crippen LogP contribution in [0.1, 0.15) is 26.7 Å². The van der Waals surface area contributed by atoms with E-state index in [0.29, 0.717) is 25.4 Å². The second-order valence-corrected chi connectivity index (χ2v) is 8.35. The van der Waals surface area contributed by atoms with Gasteiger partial charge in [-0.3, -0.25) is 14.5 Å². The minimum atomic E-state index is -3.00. The van der Waals surface area contributed by atoms with Gasteiger partial charge >= 0.3 is 5.97 Å². The van der Waals surface area contributed by atoms with Crippen molar-refractivity contribution >= 4 is 21.7 Å². The molecule has 8 heteroatoms. The first-order valence-corrected chi connectivity index (χ1v) is 9.33. The van der Waals surface area contributed by atoms with Crippen LogP contribution in [0.3, 0.4) is 0 Å². The minimum Gasteiger partial charge on any atom is -0.469 e. The molecule has 0 aromatic carbocycles. The van der Waals surface area contributed by atoms with Crippen molar-refractivity contribution < 1.29 is 22.7 Å². The van der Waals surface area contributed by atoms with Crippen molar-refractivity contribution in [1.29, 1.82) is 0 Å².